The zero-order valence-corrected chi connectivity index (χ0v) is 7.41. The van der Waals surface area contributed by atoms with E-state index in [1.54, 1.807) is 0 Å². The quantitative estimate of drug-likeness (QED) is 0.596. The Bertz CT molecular complexity index is 175. The second kappa shape index (κ2) is 2.99. The van der Waals surface area contributed by atoms with Crippen LogP contribution in [-0.4, -0.2) is 24.4 Å². The Balaban J connectivity index is 0.000000605. The van der Waals surface area contributed by atoms with E-state index in [4.69, 9.17) is 4.84 Å². The minimum atomic E-state index is 0. The van der Waals surface area contributed by atoms with E-state index in [-0.39, 0.29) is 18.0 Å². The lowest BCUT2D eigenvalue weighted by molar-refractivity contribution is -0.00190. The topological polar surface area (TPSA) is 33.6 Å². The Hall–Kier alpha value is -0.280. The van der Waals surface area contributed by atoms with Gasteiger partial charge in [0.1, 0.15) is 0 Å². The third kappa shape index (κ3) is 1.49. The highest BCUT2D eigenvalue weighted by molar-refractivity contribution is 5.85. The number of nitrogens with zero attached hydrogens (tertiary/aromatic N) is 1. The molecule has 1 spiro atoms. The predicted molar refractivity (Wildman–Crippen MR) is 46.3 cm³/mol. The second-order valence-corrected chi connectivity index (χ2v) is 3.20. The molecule has 0 aromatic rings. The van der Waals surface area contributed by atoms with E-state index in [0.29, 0.717) is 0 Å². The normalized spacial score (nSPS) is 34.8. The van der Waals surface area contributed by atoms with E-state index in [2.05, 4.69) is 10.5 Å². The third-order valence-corrected chi connectivity index (χ3v) is 2.18. The highest BCUT2D eigenvalue weighted by Gasteiger charge is 2.40. The van der Waals surface area contributed by atoms with Crippen LogP contribution in [0.2, 0.25) is 0 Å². The van der Waals surface area contributed by atoms with Crippen molar-refractivity contribution in [1.29, 1.82) is 0 Å². The van der Waals surface area contributed by atoms with Gasteiger partial charge in [0.15, 0.2) is 5.60 Å². The van der Waals surface area contributed by atoms with E-state index >= 15 is 0 Å². The van der Waals surface area contributed by atoms with Crippen LogP contribution in [0.5, 0.6) is 0 Å². The Morgan fingerprint density at radius 1 is 1.64 bits per heavy atom. The van der Waals surface area contributed by atoms with Gasteiger partial charge in [-0.05, 0) is 13.5 Å². The molecule has 4 heteroatoms. The summed E-state index contributed by atoms with van der Waals surface area (Å²) in [5.41, 5.74) is 1.17. The van der Waals surface area contributed by atoms with Crippen molar-refractivity contribution in [3.63, 3.8) is 0 Å². The molecule has 64 valence electrons. The van der Waals surface area contributed by atoms with E-state index in [1.807, 2.05) is 6.92 Å². The third-order valence-electron chi connectivity index (χ3n) is 2.18. The fraction of sp³-hybridized carbons (Fsp3) is 0.857. The summed E-state index contributed by atoms with van der Waals surface area (Å²) in [5, 5.41) is 7.23. The summed E-state index contributed by atoms with van der Waals surface area (Å²) in [4.78, 5) is 5.34. The molecule has 1 atom stereocenters. The Morgan fingerprint density at radius 3 is 2.91 bits per heavy atom. The van der Waals surface area contributed by atoms with Gasteiger partial charge in [-0.3, -0.25) is 0 Å². The van der Waals surface area contributed by atoms with Crippen LogP contribution in [0.4, 0.5) is 0 Å². The number of nitrogens with one attached hydrogen (secondary N) is 1. The molecular formula is C7H13ClN2O. The van der Waals surface area contributed by atoms with Crippen LogP contribution in [0.15, 0.2) is 5.16 Å². The van der Waals surface area contributed by atoms with Crippen LogP contribution in [0.1, 0.15) is 19.8 Å². The van der Waals surface area contributed by atoms with Crippen LogP contribution in [-0.2, 0) is 4.84 Å². The molecule has 1 N–H and O–H groups in total. The zero-order valence-electron chi connectivity index (χ0n) is 6.59. The van der Waals surface area contributed by atoms with Gasteiger partial charge in [0.2, 0.25) is 0 Å². The largest absolute Gasteiger partial charge is 0.387 e. The lowest BCUT2D eigenvalue weighted by Gasteiger charge is -2.17. The van der Waals surface area contributed by atoms with Crippen LogP contribution in [0, 0.1) is 0 Å². The minimum absolute atomic E-state index is 0. The van der Waals surface area contributed by atoms with Crippen molar-refractivity contribution in [3.05, 3.63) is 0 Å². The first-order valence-corrected chi connectivity index (χ1v) is 3.73. The summed E-state index contributed by atoms with van der Waals surface area (Å²) in [6.07, 6.45) is 2.12. The molecule has 0 aromatic heterocycles. The molecule has 0 radical (unpaired) electrons. The van der Waals surface area contributed by atoms with Gasteiger partial charge in [0, 0.05) is 19.4 Å². The van der Waals surface area contributed by atoms with Gasteiger partial charge < -0.3 is 10.2 Å². The maximum atomic E-state index is 5.34. The SMILES string of the molecule is CC1=NOC2(CCNC2)C1.Cl. The summed E-state index contributed by atoms with van der Waals surface area (Å²) >= 11 is 0. The molecule has 1 fully saturated rings. The van der Waals surface area contributed by atoms with Gasteiger partial charge in [0.25, 0.3) is 0 Å². The lowest BCUT2D eigenvalue weighted by Crippen LogP contribution is -2.31. The fourth-order valence-electron chi connectivity index (χ4n) is 1.66. The van der Waals surface area contributed by atoms with Gasteiger partial charge in [-0.1, -0.05) is 5.16 Å². The first-order valence-electron chi connectivity index (χ1n) is 3.73. The average molecular weight is 177 g/mol. The smallest absolute Gasteiger partial charge is 0.156 e. The van der Waals surface area contributed by atoms with Crippen LogP contribution >= 0.6 is 12.4 Å². The molecule has 1 saturated heterocycles. The van der Waals surface area contributed by atoms with E-state index < -0.39 is 0 Å². The first kappa shape index (κ1) is 8.81. The summed E-state index contributed by atoms with van der Waals surface area (Å²) in [5.74, 6) is 0. The van der Waals surface area contributed by atoms with Gasteiger partial charge in [-0.2, -0.15) is 0 Å². The Labute approximate surface area is 72.6 Å². The molecule has 2 heterocycles. The first-order chi connectivity index (χ1) is 4.81. The summed E-state index contributed by atoms with van der Waals surface area (Å²) in [6.45, 7) is 4.06. The van der Waals surface area contributed by atoms with Crippen molar-refractivity contribution in [1.82, 2.24) is 5.32 Å². The van der Waals surface area contributed by atoms with Crippen molar-refractivity contribution < 1.29 is 4.84 Å². The predicted octanol–water partition coefficient (Wildman–Crippen LogP) is 0.937. The second-order valence-electron chi connectivity index (χ2n) is 3.20. The summed E-state index contributed by atoms with van der Waals surface area (Å²) in [6, 6.07) is 0. The van der Waals surface area contributed by atoms with Crippen molar-refractivity contribution in [2.45, 2.75) is 25.4 Å². The number of hydrogen-bond acceptors (Lipinski definition) is 3. The fourth-order valence-corrected chi connectivity index (χ4v) is 1.66. The summed E-state index contributed by atoms with van der Waals surface area (Å²) < 4.78 is 0. The van der Waals surface area contributed by atoms with E-state index in [0.717, 1.165) is 31.6 Å². The monoisotopic (exact) mass is 176 g/mol. The van der Waals surface area contributed by atoms with Gasteiger partial charge in [0.05, 0.1) is 5.71 Å². The molecule has 2 aliphatic heterocycles. The number of rotatable bonds is 0. The maximum Gasteiger partial charge on any atom is 0.156 e. The molecule has 3 nitrogen and oxygen atoms in total. The van der Waals surface area contributed by atoms with Crippen molar-refractivity contribution in [3.8, 4) is 0 Å². The molecule has 0 amide bonds. The van der Waals surface area contributed by atoms with Gasteiger partial charge in [-0.15, -0.1) is 12.4 Å². The zero-order chi connectivity index (χ0) is 7.03. The molecule has 1 unspecified atom stereocenters. The summed E-state index contributed by atoms with van der Waals surface area (Å²) in [7, 11) is 0. The van der Waals surface area contributed by atoms with E-state index in [1.165, 1.54) is 0 Å². The molecule has 2 aliphatic rings. The number of oxime groups is 1. The van der Waals surface area contributed by atoms with E-state index in [9.17, 15) is 0 Å². The minimum Gasteiger partial charge on any atom is -0.387 e. The van der Waals surface area contributed by atoms with Gasteiger partial charge in [-0.25, -0.2) is 0 Å². The highest BCUT2D eigenvalue weighted by Crippen LogP contribution is 2.29. The van der Waals surface area contributed by atoms with Crippen molar-refractivity contribution in [2.24, 2.45) is 5.16 Å². The van der Waals surface area contributed by atoms with Crippen LogP contribution in [0.3, 0.4) is 0 Å². The Kier molecular flexibility index (Phi) is 2.40. The molecule has 2 rings (SSSR count). The van der Waals surface area contributed by atoms with Crippen LogP contribution < -0.4 is 5.32 Å². The number of halogens is 1. The van der Waals surface area contributed by atoms with Crippen molar-refractivity contribution in [2.75, 3.05) is 13.1 Å². The maximum absolute atomic E-state index is 5.34. The standard InChI is InChI=1S/C7H12N2O.ClH/c1-6-4-7(10-9-6)2-3-8-5-7;/h8H,2-5H2,1H3;1H. The number of hydrogen-bond donors (Lipinski definition) is 1. The molecular weight excluding hydrogens is 164 g/mol. The van der Waals surface area contributed by atoms with Crippen molar-refractivity contribution >= 4 is 18.1 Å². The van der Waals surface area contributed by atoms with Gasteiger partial charge >= 0.3 is 0 Å². The average Bonchev–Trinajstić information content (AvgIpc) is 2.46. The lowest BCUT2D eigenvalue weighted by atomic mass is 9.97. The highest BCUT2D eigenvalue weighted by atomic mass is 35.5. The Morgan fingerprint density at radius 2 is 2.45 bits per heavy atom. The van der Waals surface area contributed by atoms with Crippen LogP contribution in [0.25, 0.3) is 0 Å². The molecule has 0 saturated carbocycles. The molecule has 0 aromatic carbocycles. The molecule has 11 heavy (non-hydrogen) atoms. The molecule has 0 bridgehead atoms. The molecule has 0 aliphatic carbocycles.